The van der Waals surface area contributed by atoms with E-state index in [4.69, 9.17) is 11.6 Å². The van der Waals surface area contributed by atoms with Crippen molar-refractivity contribution in [2.24, 2.45) is 0 Å². The molecule has 1 aromatic heterocycles. The normalized spacial score (nSPS) is 17.8. The average Bonchev–Trinajstić information content (AvgIpc) is 2.70. The van der Waals surface area contributed by atoms with E-state index < -0.39 is 0 Å². The molecule has 1 saturated heterocycles. The number of carbonyl (C=O) groups excluding carboxylic acids is 1. The van der Waals surface area contributed by atoms with Crippen LogP contribution in [0.3, 0.4) is 0 Å². The van der Waals surface area contributed by atoms with Gasteiger partial charge >= 0.3 is 0 Å². The summed E-state index contributed by atoms with van der Waals surface area (Å²) in [5, 5.41) is 1.19. The lowest BCUT2D eigenvalue weighted by molar-refractivity contribution is 0.112. The molecule has 0 aliphatic carbocycles. The highest BCUT2D eigenvalue weighted by Crippen LogP contribution is 2.28. The maximum Gasteiger partial charge on any atom is 0.187 e. The van der Waals surface area contributed by atoms with E-state index in [-0.39, 0.29) is 0 Å². The lowest BCUT2D eigenvalue weighted by Gasteiger charge is -2.36. The molecular formula is C11H16ClN3OS. The van der Waals surface area contributed by atoms with Gasteiger partial charge in [-0.1, -0.05) is 22.9 Å². The molecule has 0 saturated carbocycles. The summed E-state index contributed by atoms with van der Waals surface area (Å²) in [5.41, 5.74) is 0. The van der Waals surface area contributed by atoms with E-state index in [9.17, 15) is 4.79 Å². The molecule has 2 heterocycles. The molecule has 4 nitrogen and oxygen atoms in total. The van der Waals surface area contributed by atoms with Gasteiger partial charge in [-0.05, 0) is 13.8 Å². The Morgan fingerprint density at radius 2 is 2.00 bits per heavy atom. The Morgan fingerprint density at radius 3 is 2.47 bits per heavy atom. The summed E-state index contributed by atoms with van der Waals surface area (Å²) >= 11 is 7.25. The molecule has 17 heavy (non-hydrogen) atoms. The molecule has 1 aromatic rings. The Kier molecular flexibility index (Phi) is 4.01. The smallest absolute Gasteiger partial charge is 0.187 e. The van der Waals surface area contributed by atoms with Crippen molar-refractivity contribution < 1.29 is 4.79 Å². The van der Waals surface area contributed by atoms with E-state index in [2.05, 4.69) is 28.6 Å². The second-order valence-corrected chi connectivity index (χ2v) is 5.75. The number of piperazine rings is 1. The minimum absolute atomic E-state index is 0.325. The molecule has 0 atom stereocenters. The zero-order valence-corrected chi connectivity index (χ0v) is 11.6. The van der Waals surface area contributed by atoms with Gasteiger partial charge in [0.1, 0.15) is 4.88 Å². The van der Waals surface area contributed by atoms with Crippen molar-refractivity contribution in [2.45, 2.75) is 19.9 Å². The molecule has 0 bridgehead atoms. The van der Waals surface area contributed by atoms with Crippen LogP contribution in [0.4, 0.5) is 5.13 Å². The standard InChI is InChI=1S/C11H16ClN3OS/c1-8(2)14-3-5-15(6-4-14)11-13-10(12)9(7-16)17-11/h7-8H,3-6H2,1-2H3. The Hall–Kier alpha value is -0.650. The first-order valence-electron chi connectivity index (χ1n) is 5.72. The third-order valence-electron chi connectivity index (χ3n) is 3.02. The van der Waals surface area contributed by atoms with Gasteiger partial charge in [0.15, 0.2) is 16.6 Å². The maximum atomic E-state index is 10.7. The fourth-order valence-corrected chi connectivity index (χ4v) is 3.05. The second kappa shape index (κ2) is 5.33. The quantitative estimate of drug-likeness (QED) is 0.791. The molecule has 0 unspecified atom stereocenters. The first-order valence-corrected chi connectivity index (χ1v) is 6.91. The topological polar surface area (TPSA) is 36.4 Å². The van der Waals surface area contributed by atoms with E-state index in [1.54, 1.807) is 0 Å². The lowest BCUT2D eigenvalue weighted by Crippen LogP contribution is -2.48. The number of thiazole rings is 1. The summed E-state index contributed by atoms with van der Waals surface area (Å²) in [4.78, 5) is 20.1. The van der Waals surface area contributed by atoms with Crippen LogP contribution in [-0.2, 0) is 0 Å². The molecule has 0 N–H and O–H groups in total. The molecule has 1 fully saturated rings. The van der Waals surface area contributed by atoms with Gasteiger partial charge in [0.05, 0.1) is 0 Å². The van der Waals surface area contributed by atoms with E-state index in [0.717, 1.165) is 37.6 Å². The summed E-state index contributed by atoms with van der Waals surface area (Å²) in [6.45, 7) is 8.37. The Morgan fingerprint density at radius 1 is 1.35 bits per heavy atom. The predicted octanol–water partition coefficient (Wildman–Crippen LogP) is 2.14. The molecular weight excluding hydrogens is 258 g/mol. The SMILES string of the molecule is CC(C)N1CCN(c2nc(Cl)c(C=O)s2)CC1. The number of hydrogen-bond acceptors (Lipinski definition) is 5. The summed E-state index contributed by atoms with van der Waals surface area (Å²) in [6.07, 6.45) is 0.772. The summed E-state index contributed by atoms with van der Waals surface area (Å²) in [7, 11) is 0. The van der Waals surface area contributed by atoms with Gasteiger partial charge in [-0.15, -0.1) is 0 Å². The Balaban J connectivity index is 2.02. The van der Waals surface area contributed by atoms with Crippen molar-refractivity contribution in [3.8, 4) is 0 Å². The second-order valence-electron chi connectivity index (χ2n) is 4.39. The average molecular weight is 274 g/mol. The van der Waals surface area contributed by atoms with Crippen molar-refractivity contribution in [1.82, 2.24) is 9.88 Å². The van der Waals surface area contributed by atoms with Gasteiger partial charge in [-0.25, -0.2) is 4.98 Å². The van der Waals surface area contributed by atoms with Gasteiger partial charge in [-0.2, -0.15) is 0 Å². The van der Waals surface area contributed by atoms with Crippen LogP contribution in [0.2, 0.25) is 5.15 Å². The Labute approximate surface area is 110 Å². The van der Waals surface area contributed by atoms with Crippen LogP contribution in [0.15, 0.2) is 0 Å². The third kappa shape index (κ3) is 2.78. The molecule has 94 valence electrons. The number of aromatic nitrogens is 1. The number of aldehydes is 1. The van der Waals surface area contributed by atoms with E-state index in [1.807, 2.05) is 0 Å². The number of nitrogens with zero attached hydrogens (tertiary/aromatic N) is 3. The highest BCUT2D eigenvalue weighted by atomic mass is 35.5. The van der Waals surface area contributed by atoms with Crippen LogP contribution in [0.1, 0.15) is 23.5 Å². The fourth-order valence-electron chi connectivity index (χ4n) is 1.94. The van der Waals surface area contributed by atoms with Crippen molar-refractivity contribution in [3.63, 3.8) is 0 Å². The first kappa shape index (κ1) is 12.8. The summed E-state index contributed by atoms with van der Waals surface area (Å²) in [5.74, 6) is 0. The highest BCUT2D eigenvalue weighted by Gasteiger charge is 2.22. The lowest BCUT2D eigenvalue weighted by atomic mass is 10.2. The monoisotopic (exact) mass is 273 g/mol. The summed E-state index contributed by atoms with van der Waals surface area (Å²) < 4.78 is 0. The van der Waals surface area contributed by atoms with Crippen molar-refractivity contribution >= 4 is 34.4 Å². The van der Waals surface area contributed by atoms with Crippen LogP contribution < -0.4 is 4.90 Å². The molecule has 0 radical (unpaired) electrons. The molecule has 2 rings (SSSR count). The van der Waals surface area contributed by atoms with E-state index in [0.29, 0.717) is 16.1 Å². The zero-order valence-electron chi connectivity index (χ0n) is 10.0. The van der Waals surface area contributed by atoms with Gasteiger partial charge in [-0.3, -0.25) is 9.69 Å². The zero-order chi connectivity index (χ0) is 12.4. The van der Waals surface area contributed by atoms with E-state index >= 15 is 0 Å². The fraction of sp³-hybridized carbons (Fsp3) is 0.636. The first-order chi connectivity index (χ1) is 8.11. The highest BCUT2D eigenvalue weighted by molar-refractivity contribution is 7.17. The summed E-state index contributed by atoms with van der Waals surface area (Å²) in [6, 6.07) is 0.586. The number of halogens is 1. The van der Waals surface area contributed by atoms with Crippen LogP contribution >= 0.6 is 22.9 Å². The number of carbonyl (C=O) groups is 1. The molecule has 0 spiro atoms. The van der Waals surface area contributed by atoms with Gasteiger partial charge in [0.2, 0.25) is 0 Å². The number of hydrogen-bond donors (Lipinski definition) is 0. The van der Waals surface area contributed by atoms with Gasteiger partial charge in [0.25, 0.3) is 0 Å². The minimum atomic E-state index is 0.325. The largest absolute Gasteiger partial charge is 0.345 e. The van der Waals surface area contributed by atoms with Gasteiger partial charge < -0.3 is 4.90 Å². The van der Waals surface area contributed by atoms with Crippen molar-refractivity contribution in [3.05, 3.63) is 10.0 Å². The van der Waals surface area contributed by atoms with Crippen LogP contribution in [0, 0.1) is 0 Å². The molecule has 0 amide bonds. The Bertz CT molecular complexity index is 399. The van der Waals surface area contributed by atoms with Crippen molar-refractivity contribution in [2.75, 3.05) is 31.1 Å². The van der Waals surface area contributed by atoms with Crippen LogP contribution in [0.25, 0.3) is 0 Å². The minimum Gasteiger partial charge on any atom is -0.345 e. The maximum absolute atomic E-state index is 10.7. The van der Waals surface area contributed by atoms with Crippen LogP contribution in [0.5, 0.6) is 0 Å². The molecule has 1 aliphatic rings. The molecule has 6 heteroatoms. The van der Waals surface area contributed by atoms with Gasteiger partial charge in [0, 0.05) is 32.2 Å². The molecule has 1 aliphatic heterocycles. The number of rotatable bonds is 3. The molecule has 0 aromatic carbocycles. The van der Waals surface area contributed by atoms with Crippen molar-refractivity contribution in [1.29, 1.82) is 0 Å². The van der Waals surface area contributed by atoms with Crippen LogP contribution in [-0.4, -0.2) is 48.4 Å². The third-order valence-corrected chi connectivity index (χ3v) is 4.46. The predicted molar refractivity (Wildman–Crippen MR) is 71.4 cm³/mol. The number of anilines is 1. The van der Waals surface area contributed by atoms with E-state index in [1.165, 1.54) is 11.3 Å².